The van der Waals surface area contributed by atoms with E-state index < -0.39 is 17.4 Å². The highest BCUT2D eigenvalue weighted by Gasteiger charge is 2.44. The standard InChI is InChI=1S/C10H17N3O3/c1-10(2)5-7(14)13(9(10)16)4-3-6(11)8(12)15/h6H,3-5,11H2,1-2H3,(H2,12,15). The minimum Gasteiger partial charge on any atom is -0.368 e. The fourth-order valence-electron chi connectivity index (χ4n) is 1.66. The molecule has 1 saturated heterocycles. The quantitative estimate of drug-likeness (QED) is 0.599. The van der Waals surface area contributed by atoms with Gasteiger partial charge in [-0.15, -0.1) is 0 Å². The van der Waals surface area contributed by atoms with Crippen molar-refractivity contribution in [1.82, 2.24) is 4.90 Å². The maximum absolute atomic E-state index is 11.8. The molecule has 0 radical (unpaired) electrons. The van der Waals surface area contributed by atoms with Crippen molar-refractivity contribution in [3.8, 4) is 0 Å². The van der Waals surface area contributed by atoms with E-state index in [1.54, 1.807) is 13.8 Å². The van der Waals surface area contributed by atoms with Crippen molar-refractivity contribution >= 4 is 17.7 Å². The van der Waals surface area contributed by atoms with Crippen molar-refractivity contribution in [3.05, 3.63) is 0 Å². The average molecular weight is 227 g/mol. The molecule has 0 aromatic carbocycles. The number of likely N-dealkylation sites (tertiary alicyclic amines) is 1. The highest BCUT2D eigenvalue weighted by atomic mass is 16.2. The van der Waals surface area contributed by atoms with E-state index in [-0.39, 0.29) is 31.2 Å². The van der Waals surface area contributed by atoms with Gasteiger partial charge in [-0.3, -0.25) is 19.3 Å². The Morgan fingerprint density at radius 3 is 2.44 bits per heavy atom. The Kier molecular flexibility index (Phi) is 3.32. The van der Waals surface area contributed by atoms with Gasteiger partial charge in [0.05, 0.1) is 11.5 Å². The molecule has 0 saturated carbocycles. The van der Waals surface area contributed by atoms with Crippen LogP contribution in [0.3, 0.4) is 0 Å². The van der Waals surface area contributed by atoms with Gasteiger partial charge in [-0.25, -0.2) is 0 Å². The highest BCUT2D eigenvalue weighted by Crippen LogP contribution is 2.31. The van der Waals surface area contributed by atoms with Crippen LogP contribution in [0.4, 0.5) is 0 Å². The third-order valence-corrected chi connectivity index (χ3v) is 2.75. The zero-order valence-corrected chi connectivity index (χ0v) is 9.53. The maximum atomic E-state index is 11.8. The summed E-state index contributed by atoms with van der Waals surface area (Å²) in [6.07, 6.45) is 0.417. The van der Waals surface area contributed by atoms with Gasteiger partial charge in [0, 0.05) is 13.0 Å². The first kappa shape index (κ1) is 12.6. The lowest BCUT2D eigenvalue weighted by molar-refractivity contribution is -0.141. The first-order valence-electron chi connectivity index (χ1n) is 5.15. The molecule has 16 heavy (non-hydrogen) atoms. The molecule has 6 nitrogen and oxygen atoms in total. The predicted octanol–water partition coefficient (Wildman–Crippen LogP) is -1.03. The number of nitrogens with two attached hydrogens (primary N) is 2. The largest absolute Gasteiger partial charge is 0.368 e. The van der Waals surface area contributed by atoms with Gasteiger partial charge >= 0.3 is 0 Å². The zero-order chi connectivity index (χ0) is 12.5. The second-order valence-electron chi connectivity index (χ2n) is 4.71. The molecule has 6 heteroatoms. The van der Waals surface area contributed by atoms with E-state index in [1.165, 1.54) is 0 Å². The van der Waals surface area contributed by atoms with Crippen LogP contribution in [-0.2, 0) is 14.4 Å². The van der Waals surface area contributed by atoms with Crippen LogP contribution in [0.25, 0.3) is 0 Å². The van der Waals surface area contributed by atoms with Crippen LogP contribution in [0, 0.1) is 5.41 Å². The summed E-state index contributed by atoms with van der Waals surface area (Å²) in [5, 5.41) is 0. The number of imide groups is 1. The number of hydrogen-bond acceptors (Lipinski definition) is 4. The number of hydrogen-bond donors (Lipinski definition) is 2. The molecule has 1 aliphatic heterocycles. The van der Waals surface area contributed by atoms with E-state index in [4.69, 9.17) is 11.5 Å². The van der Waals surface area contributed by atoms with Crippen molar-refractivity contribution in [2.45, 2.75) is 32.7 Å². The van der Waals surface area contributed by atoms with Crippen LogP contribution in [0.2, 0.25) is 0 Å². The van der Waals surface area contributed by atoms with Gasteiger partial charge in [0.15, 0.2) is 0 Å². The van der Waals surface area contributed by atoms with Crippen LogP contribution < -0.4 is 11.5 Å². The Balaban J connectivity index is 2.59. The Hall–Kier alpha value is -1.43. The maximum Gasteiger partial charge on any atom is 0.235 e. The number of nitrogens with zero attached hydrogens (tertiary/aromatic N) is 1. The SMILES string of the molecule is CC1(C)CC(=O)N(CCC(N)C(N)=O)C1=O. The molecule has 1 unspecified atom stereocenters. The van der Waals surface area contributed by atoms with Crippen LogP contribution in [0.15, 0.2) is 0 Å². The summed E-state index contributed by atoms with van der Waals surface area (Å²) in [5.74, 6) is -1.06. The normalized spacial score (nSPS) is 21.3. The zero-order valence-electron chi connectivity index (χ0n) is 9.53. The van der Waals surface area contributed by atoms with Gasteiger partial charge in [0.2, 0.25) is 17.7 Å². The smallest absolute Gasteiger partial charge is 0.235 e. The fraction of sp³-hybridized carbons (Fsp3) is 0.700. The molecule has 1 atom stereocenters. The molecule has 1 fully saturated rings. The summed E-state index contributed by atoms with van der Waals surface area (Å²) in [4.78, 5) is 35.2. The molecule has 0 aromatic rings. The Morgan fingerprint density at radius 1 is 1.50 bits per heavy atom. The number of carbonyl (C=O) groups excluding carboxylic acids is 3. The Labute approximate surface area is 93.9 Å². The molecule has 3 amide bonds. The molecule has 0 aromatic heterocycles. The summed E-state index contributed by atoms with van der Waals surface area (Å²) in [6, 6.07) is -0.815. The van der Waals surface area contributed by atoms with E-state index >= 15 is 0 Å². The van der Waals surface area contributed by atoms with E-state index in [0.717, 1.165) is 4.90 Å². The molecule has 0 aliphatic carbocycles. The first-order valence-corrected chi connectivity index (χ1v) is 5.15. The number of amides is 3. The van der Waals surface area contributed by atoms with Crippen molar-refractivity contribution in [1.29, 1.82) is 0 Å². The van der Waals surface area contributed by atoms with Crippen LogP contribution in [0.1, 0.15) is 26.7 Å². The molecule has 90 valence electrons. The van der Waals surface area contributed by atoms with Crippen LogP contribution in [-0.4, -0.2) is 35.2 Å². The van der Waals surface area contributed by atoms with Crippen molar-refractivity contribution in [2.24, 2.45) is 16.9 Å². The van der Waals surface area contributed by atoms with Crippen molar-refractivity contribution < 1.29 is 14.4 Å². The number of primary amides is 1. The van der Waals surface area contributed by atoms with E-state index in [1.807, 2.05) is 0 Å². The molecular formula is C10H17N3O3. The Bertz CT molecular complexity index is 338. The predicted molar refractivity (Wildman–Crippen MR) is 56.9 cm³/mol. The van der Waals surface area contributed by atoms with E-state index in [9.17, 15) is 14.4 Å². The van der Waals surface area contributed by atoms with Gasteiger partial charge < -0.3 is 11.5 Å². The van der Waals surface area contributed by atoms with Gasteiger partial charge in [-0.05, 0) is 6.42 Å². The minimum atomic E-state index is -0.815. The van der Waals surface area contributed by atoms with Gasteiger partial charge in [0.1, 0.15) is 0 Å². The van der Waals surface area contributed by atoms with Gasteiger partial charge in [-0.1, -0.05) is 13.8 Å². The van der Waals surface area contributed by atoms with Crippen LogP contribution >= 0.6 is 0 Å². The lowest BCUT2D eigenvalue weighted by atomic mass is 9.92. The molecule has 1 aliphatic rings. The first-order chi connectivity index (χ1) is 7.25. The van der Waals surface area contributed by atoms with Crippen molar-refractivity contribution in [2.75, 3.05) is 6.54 Å². The van der Waals surface area contributed by atoms with Crippen LogP contribution in [0.5, 0.6) is 0 Å². The average Bonchev–Trinajstić information content (AvgIpc) is 2.34. The lowest BCUT2D eigenvalue weighted by Gasteiger charge is -2.18. The fourth-order valence-corrected chi connectivity index (χ4v) is 1.66. The third kappa shape index (κ3) is 2.38. The van der Waals surface area contributed by atoms with Crippen molar-refractivity contribution in [3.63, 3.8) is 0 Å². The summed E-state index contributed by atoms with van der Waals surface area (Å²) >= 11 is 0. The molecular weight excluding hydrogens is 210 g/mol. The van der Waals surface area contributed by atoms with E-state index in [0.29, 0.717) is 0 Å². The third-order valence-electron chi connectivity index (χ3n) is 2.75. The second-order valence-corrected chi connectivity index (χ2v) is 4.71. The summed E-state index contributed by atoms with van der Waals surface area (Å²) in [6.45, 7) is 3.60. The number of carbonyl (C=O) groups is 3. The topological polar surface area (TPSA) is 106 Å². The highest BCUT2D eigenvalue weighted by molar-refractivity contribution is 6.05. The summed E-state index contributed by atoms with van der Waals surface area (Å²) in [5.41, 5.74) is 9.78. The lowest BCUT2D eigenvalue weighted by Crippen LogP contribution is -2.41. The molecule has 4 N–H and O–H groups in total. The summed E-state index contributed by atoms with van der Waals surface area (Å²) < 4.78 is 0. The molecule has 0 bridgehead atoms. The second kappa shape index (κ2) is 4.21. The Morgan fingerprint density at radius 2 is 2.06 bits per heavy atom. The summed E-state index contributed by atoms with van der Waals surface area (Å²) in [7, 11) is 0. The number of rotatable bonds is 4. The van der Waals surface area contributed by atoms with E-state index in [2.05, 4.69) is 0 Å². The molecule has 1 heterocycles. The van der Waals surface area contributed by atoms with Gasteiger partial charge in [0.25, 0.3) is 0 Å². The molecule has 0 spiro atoms. The molecule has 1 rings (SSSR count). The monoisotopic (exact) mass is 227 g/mol. The minimum absolute atomic E-state index is 0.158. The van der Waals surface area contributed by atoms with Gasteiger partial charge in [-0.2, -0.15) is 0 Å².